The van der Waals surface area contributed by atoms with E-state index in [1.807, 2.05) is 18.2 Å². The molecule has 0 N–H and O–H groups in total. The molecule has 110 valence electrons. The average Bonchev–Trinajstić information content (AvgIpc) is 2.97. The summed E-state index contributed by atoms with van der Waals surface area (Å²) in [6.07, 6.45) is 0.888. The molecule has 2 heterocycles. The van der Waals surface area contributed by atoms with Gasteiger partial charge in [0.2, 0.25) is 18.2 Å². The van der Waals surface area contributed by atoms with Crippen molar-refractivity contribution in [2.24, 2.45) is 0 Å². The van der Waals surface area contributed by atoms with Gasteiger partial charge in [-0.05, 0) is 12.1 Å². The number of hydrogen-bond donors (Lipinski definition) is 0. The third-order valence-electron chi connectivity index (χ3n) is 3.49. The first-order chi connectivity index (χ1) is 10.3. The van der Waals surface area contributed by atoms with E-state index in [1.165, 1.54) is 0 Å². The number of benzene rings is 1. The number of piperazine rings is 1. The van der Waals surface area contributed by atoms with Gasteiger partial charge in [0.1, 0.15) is 0 Å². The van der Waals surface area contributed by atoms with Gasteiger partial charge in [0.15, 0.2) is 0 Å². The summed E-state index contributed by atoms with van der Waals surface area (Å²) in [5.41, 5.74) is 0.740. The highest BCUT2D eigenvalue weighted by Gasteiger charge is 2.18. The topological polar surface area (TPSA) is 62.5 Å². The van der Waals surface area contributed by atoms with E-state index in [1.54, 1.807) is 11.0 Å². The normalized spacial score (nSPS) is 16.1. The molecule has 0 bridgehead atoms. The molecule has 1 aliphatic heterocycles. The predicted octanol–water partition coefficient (Wildman–Crippen LogP) is 1.66. The van der Waals surface area contributed by atoms with E-state index in [2.05, 4.69) is 15.1 Å². The van der Waals surface area contributed by atoms with Crippen LogP contribution in [-0.2, 0) is 11.3 Å². The first kappa shape index (κ1) is 14.0. The highest BCUT2D eigenvalue weighted by Crippen LogP contribution is 2.26. The molecule has 7 heteroatoms. The van der Waals surface area contributed by atoms with Gasteiger partial charge in [0.05, 0.1) is 17.1 Å². The third kappa shape index (κ3) is 3.22. The molecule has 0 spiro atoms. The van der Waals surface area contributed by atoms with Crippen molar-refractivity contribution in [3.8, 4) is 11.5 Å². The summed E-state index contributed by atoms with van der Waals surface area (Å²) in [5, 5.41) is 8.71. The first-order valence-corrected chi connectivity index (χ1v) is 7.13. The van der Waals surface area contributed by atoms with E-state index < -0.39 is 0 Å². The molecule has 6 nitrogen and oxygen atoms in total. The Morgan fingerprint density at radius 3 is 2.67 bits per heavy atom. The van der Waals surface area contributed by atoms with Crippen LogP contribution < -0.4 is 0 Å². The van der Waals surface area contributed by atoms with Gasteiger partial charge in [0, 0.05) is 26.2 Å². The molecule has 1 saturated heterocycles. The van der Waals surface area contributed by atoms with E-state index >= 15 is 0 Å². The summed E-state index contributed by atoms with van der Waals surface area (Å²) < 4.78 is 5.67. The van der Waals surface area contributed by atoms with E-state index in [9.17, 15) is 4.79 Å². The zero-order valence-corrected chi connectivity index (χ0v) is 12.2. The van der Waals surface area contributed by atoms with Crippen molar-refractivity contribution in [3.05, 3.63) is 35.2 Å². The van der Waals surface area contributed by atoms with Gasteiger partial charge in [-0.3, -0.25) is 9.69 Å². The lowest BCUT2D eigenvalue weighted by Gasteiger charge is -2.31. The quantitative estimate of drug-likeness (QED) is 0.804. The van der Waals surface area contributed by atoms with Gasteiger partial charge in [0.25, 0.3) is 0 Å². The van der Waals surface area contributed by atoms with Crippen molar-refractivity contribution in [1.29, 1.82) is 0 Å². The molecule has 0 aliphatic carbocycles. The summed E-state index contributed by atoms with van der Waals surface area (Å²) in [6.45, 7) is 3.67. The Morgan fingerprint density at radius 1 is 1.19 bits per heavy atom. The van der Waals surface area contributed by atoms with Crippen molar-refractivity contribution < 1.29 is 9.21 Å². The minimum Gasteiger partial charge on any atom is -0.419 e. The Labute approximate surface area is 127 Å². The van der Waals surface area contributed by atoms with Crippen LogP contribution in [0.25, 0.3) is 11.5 Å². The van der Waals surface area contributed by atoms with Gasteiger partial charge in [-0.1, -0.05) is 23.7 Å². The average molecular weight is 307 g/mol. The number of amides is 1. The van der Waals surface area contributed by atoms with E-state index in [-0.39, 0.29) is 0 Å². The molecular weight excluding hydrogens is 292 g/mol. The monoisotopic (exact) mass is 306 g/mol. The number of rotatable bonds is 4. The number of carbonyl (C=O) groups is 1. The molecule has 21 heavy (non-hydrogen) atoms. The number of carbonyl (C=O) groups excluding carboxylic acids is 1. The maximum absolute atomic E-state index is 10.7. The summed E-state index contributed by atoms with van der Waals surface area (Å²) in [7, 11) is 0. The largest absolute Gasteiger partial charge is 0.419 e. The second kappa shape index (κ2) is 6.24. The SMILES string of the molecule is O=CN1CCN(Cc2nnc(-c3ccccc3Cl)o2)CC1. The molecule has 1 aromatic heterocycles. The summed E-state index contributed by atoms with van der Waals surface area (Å²) in [5.74, 6) is 0.992. The third-order valence-corrected chi connectivity index (χ3v) is 3.82. The van der Waals surface area contributed by atoms with Crippen molar-refractivity contribution in [2.45, 2.75) is 6.54 Å². The minimum absolute atomic E-state index is 0.433. The first-order valence-electron chi connectivity index (χ1n) is 6.75. The van der Waals surface area contributed by atoms with Crippen molar-refractivity contribution in [2.75, 3.05) is 26.2 Å². The van der Waals surface area contributed by atoms with Crippen molar-refractivity contribution >= 4 is 18.0 Å². The fraction of sp³-hybridized carbons (Fsp3) is 0.357. The molecule has 3 rings (SSSR count). The van der Waals surface area contributed by atoms with Crippen LogP contribution in [0.4, 0.5) is 0 Å². The summed E-state index contributed by atoms with van der Waals surface area (Å²) >= 11 is 6.12. The molecule has 1 aromatic carbocycles. The van der Waals surface area contributed by atoms with Crippen LogP contribution in [0.3, 0.4) is 0 Å². The molecule has 0 unspecified atom stereocenters. The molecule has 1 amide bonds. The maximum Gasteiger partial charge on any atom is 0.249 e. The number of nitrogens with zero attached hydrogens (tertiary/aromatic N) is 4. The van der Waals surface area contributed by atoms with Crippen LogP contribution >= 0.6 is 11.6 Å². The van der Waals surface area contributed by atoms with Crippen LogP contribution in [0.5, 0.6) is 0 Å². The Morgan fingerprint density at radius 2 is 1.95 bits per heavy atom. The van der Waals surface area contributed by atoms with Gasteiger partial charge in [-0.25, -0.2) is 0 Å². The Hall–Kier alpha value is -1.92. The number of halogens is 1. The molecule has 0 saturated carbocycles. The van der Waals surface area contributed by atoms with Gasteiger partial charge < -0.3 is 9.32 Å². The maximum atomic E-state index is 10.7. The van der Waals surface area contributed by atoms with Crippen molar-refractivity contribution in [3.63, 3.8) is 0 Å². The lowest BCUT2D eigenvalue weighted by Crippen LogP contribution is -2.45. The second-order valence-corrected chi connectivity index (χ2v) is 5.31. The Balaban J connectivity index is 1.66. The summed E-state index contributed by atoms with van der Waals surface area (Å²) in [4.78, 5) is 14.6. The lowest BCUT2D eigenvalue weighted by atomic mass is 10.2. The second-order valence-electron chi connectivity index (χ2n) is 4.90. The molecule has 1 fully saturated rings. The molecular formula is C14H15ClN4O2. The van der Waals surface area contributed by atoms with Crippen LogP contribution in [0.1, 0.15) is 5.89 Å². The fourth-order valence-electron chi connectivity index (χ4n) is 2.28. The van der Waals surface area contributed by atoms with Crippen LogP contribution in [0.2, 0.25) is 5.02 Å². The summed E-state index contributed by atoms with van der Waals surface area (Å²) in [6, 6.07) is 7.38. The fourth-order valence-corrected chi connectivity index (χ4v) is 2.50. The number of hydrogen-bond acceptors (Lipinski definition) is 5. The standard InChI is InChI=1S/C14H15ClN4O2/c15-12-4-2-1-3-11(12)14-17-16-13(21-14)9-18-5-7-19(10-20)8-6-18/h1-4,10H,5-9H2. The van der Waals surface area contributed by atoms with E-state index in [0.29, 0.717) is 23.3 Å². The predicted molar refractivity (Wildman–Crippen MR) is 77.7 cm³/mol. The van der Waals surface area contributed by atoms with Crippen molar-refractivity contribution in [1.82, 2.24) is 20.0 Å². The smallest absolute Gasteiger partial charge is 0.249 e. The van der Waals surface area contributed by atoms with Crippen LogP contribution in [0, 0.1) is 0 Å². The van der Waals surface area contributed by atoms with Crippen LogP contribution in [0.15, 0.2) is 28.7 Å². The molecule has 0 radical (unpaired) electrons. The zero-order valence-electron chi connectivity index (χ0n) is 11.4. The molecule has 2 aromatic rings. The lowest BCUT2D eigenvalue weighted by molar-refractivity contribution is -0.119. The number of aromatic nitrogens is 2. The van der Waals surface area contributed by atoms with E-state index in [4.69, 9.17) is 16.0 Å². The minimum atomic E-state index is 0.433. The Kier molecular flexibility index (Phi) is 4.17. The van der Waals surface area contributed by atoms with E-state index in [0.717, 1.165) is 38.2 Å². The molecule has 1 aliphatic rings. The van der Waals surface area contributed by atoms with Gasteiger partial charge in [-0.2, -0.15) is 0 Å². The van der Waals surface area contributed by atoms with Crippen LogP contribution in [-0.4, -0.2) is 52.6 Å². The highest BCUT2D eigenvalue weighted by atomic mass is 35.5. The zero-order chi connectivity index (χ0) is 14.7. The molecule has 0 atom stereocenters. The van der Waals surface area contributed by atoms with Gasteiger partial charge >= 0.3 is 0 Å². The highest BCUT2D eigenvalue weighted by molar-refractivity contribution is 6.33. The van der Waals surface area contributed by atoms with Gasteiger partial charge in [-0.15, -0.1) is 10.2 Å². The Bertz CT molecular complexity index is 623.